The first kappa shape index (κ1) is 12.7. The smallest absolute Gasteiger partial charge is 0.268 e. The van der Waals surface area contributed by atoms with E-state index in [1.54, 1.807) is 0 Å². The first-order valence-corrected chi connectivity index (χ1v) is 7.36. The molecule has 2 aliphatic rings. The number of carbonyl (C=O) groups excluding carboxylic acids is 1. The minimum absolute atomic E-state index is 0.0596. The van der Waals surface area contributed by atoms with Gasteiger partial charge in [-0.05, 0) is 56.6 Å². The molecule has 19 heavy (non-hydrogen) atoms. The maximum Gasteiger partial charge on any atom is 0.268 e. The second-order valence-electron chi connectivity index (χ2n) is 5.91. The number of carbonyl (C=O) groups is 1. The maximum atomic E-state index is 12.3. The van der Waals surface area contributed by atoms with Crippen LogP contribution in [0.15, 0.2) is 18.3 Å². The lowest BCUT2D eigenvalue weighted by Gasteiger charge is -2.28. The molecule has 0 bridgehead atoms. The number of amides is 1. The Morgan fingerprint density at radius 2 is 2.00 bits per heavy atom. The second-order valence-corrected chi connectivity index (χ2v) is 5.91. The van der Waals surface area contributed by atoms with E-state index in [4.69, 9.17) is 5.11 Å². The van der Waals surface area contributed by atoms with Gasteiger partial charge in [-0.3, -0.25) is 4.79 Å². The molecule has 2 aliphatic carbocycles. The van der Waals surface area contributed by atoms with Crippen LogP contribution in [0.5, 0.6) is 0 Å². The molecule has 0 aliphatic heterocycles. The van der Waals surface area contributed by atoms with Crippen LogP contribution in [-0.2, 0) is 0 Å². The van der Waals surface area contributed by atoms with Crippen LogP contribution in [0.2, 0.25) is 0 Å². The topological polar surface area (TPSA) is 54.3 Å². The molecule has 4 nitrogen and oxygen atoms in total. The van der Waals surface area contributed by atoms with Gasteiger partial charge in [0.1, 0.15) is 5.69 Å². The molecular weight excluding hydrogens is 240 g/mol. The number of hydrogen-bond acceptors (Lipinski definition) is 2. The highest BCUT2D eigenvalue weighted by Gasteiger charge is 2.28. The average molecular weight is 262 g/mol. The van der Waals surface area contributed by atoms with Crippen LogP contribution < -0.4 is 5.32 Å². The van der Waals surface area contributed by atoms with E-state index in [9.17, 15) is 4.79 Å². The highest BCUT2D eigenvalue weighted by atomic mass is 16.3. The molecular formula is C15H22N2O2. The standard InChI is InChI=1S/C15H22N2O2/c18-10-11-3-5-12(6-4-11)16-15(19)14-2-1-9-17(14)13-7-8-13/h1-2,9,11-13,18H,3-8,10H2,(H,16,19). The third kappa shape index (κ3) is 2.84. The van der Waals surface area contributed by atoms with Crippen molar-refractivity contribution in [3.8, 4) is 0 Å². The molecule has 4 heteroatoms. The molecule has 104 valence electrons. The van der Waals surface area contributed by atoms with Crippen LogP contribution in [0.4, 0.5) is 0 Å². The van der Waals surface area contributed by atoms with Gasteiger partial charge in [-0.15, -0.1) is 0 Å². The molecule has 1 heterocycles. The predicted octanol–water partition coefficient (Wildman–Crippen LogP) is 2.10. The van der Waals surface area contributed by atoms with Crippen LogP contribution in [0.3, 0.4) is 0 Å². The first-order valence-electron chi connectivity index (χ1n) is 7.36. The summed E-state index contributed by atoms with van der Waals surface area (Å²) in [7, 11) is 0. The van der Waals surface area contributed by atoms with Gasteiger partial charge in [0.25, 0.3) is 5.91 Å². The van der Waals surface area contributed by atoms with Crippen molar-refractivity contribution in [1.82, 2.24) is 9.88 Å². The first-order chi connectivity index (χ1) is 9.28. The molecule has 0 atom stereocenters. The summed E-state index contributed by atoms with van der Waals surface area (Å²) >= 11 is 0. The minimum Gasteiger partial charge on any atom is -0.396 e. The fourth-order valence-electron chi connectivity index (χ4n) is 3.01. The van der Waals surface area contributed by atoms with Gasteiger partial charge in [-0.1, -0.05) is 0 Å². The van der Waals surface area contributed by atoms with Crippen LogP contribution >= 0.6 is 0 Å². The summed E-state index contributed by atoms with van der Waals surface area (Å²) in [5.74, 6) is 0.493. The molecule has 1 amide bonds. The van der Waals surface area contributed by atoms with Crippen molar-refractivity contribution < 1.29 is 9.90 Å². The zero-order valence-electron chi connectivity index (χ0n) is 11.2. The summed E-state index contributed by atoms with van der Waals surface area (Å²) in [6.45, 7) is 0.283. The molecule has 0 aromatic carbocycles. The zero-order valence-corrected chi connectivity index (χ0v) is 11.2. The fourth-order valence-corrected chi connectivity index (χ4v) is 3.01. The summed E-state index contributed by atoms with van der Waals surface area (Å²) in [6, 6.07) is 4.68. The Morgan fingerprint density at radius 1 is 1.26 bits per heavy atom. The molecule has 0 spiro atoms. The molecule has 1 aromatic heterocycles. The Hall–Kier alpha value is -1.29. The summed E-state index contributed by atoms with van der Waals surface area (Å²) < 4.78 is 2.11. The van der Waals surface area contributed by atoms with Gasteiger partial charge in [-0.2, -0.15) is 0 Å². The van der Waals surface area contributed by atoms with Gasteiger partial charge in [0.15, 0.2) is 0 Å². The van der Waals surface area contributed by atoms with Crippen LogP contribution in [0.25, 0.3) is 0 Å². The Balaban J connectivity index is 1.57. The Labute approximate surface area is 113 Å². The number of nitrogens with zero attached hydrogens (tertiary/aromatic N) is 1. The van der Waals surface area contributed by atoms with Crippen molar-refractivity contribution >= 4 is 5.91 Å². The molecule has 2 saturated carbocycles. The van der Waals surface area contributed by atoms with Crippen molar-refractivity contribution in [2.45, 2.75) is 50.6 Å². The highest BCUT2D eigenvalue weighted by molar-refractivity contribution is 5.93. The number of aliphatic hydroxyl groups is 1. The summed E-state index contributed by atoms with van der Waals surface area (Å²) in [5.41, 5.74) is 0.798. The lowest BCUT2D eigenvalue weighted by atomic mass is 9.86. The number of nitrogens with one attached hydrogen (secondary N) is 1. The largest absolute Gasteiger partial charge is 0.396 e. The molecule has 0 saturated heterocycles. The number of aromatic nitrogens is 1. The van der Waals surface area contributed by atoms with E-state index in [-0.39, 0.29) is 18.6 Å². The number of aliphatic hydroxyl groups excluding tert-OH is 1. The Kier molecular flexibility index (Phi) is 3.60. The fraction of sp³-hybridized carbons (Fsp3) is 0.667. The van der Waals surface area contributed by atoms with Crippen molar-refractivity contribution in [2.75, 3.05) is 6.61 Å². The minimum atomic E-state index is 0.0596. The van der Waals surface area contributed by atoms with E-state index in [2.05, 4.69) is 9.88 Å². The number of hydrogen-bond donors (Lipinski definition) is 2. The van der Waals surface area contributed by atoms with E-state index in [1.807, 2.05) is 18.3 Å². The van der Waals surface area contributed by atoms with E-state index >= 15 is 0 Å². The van der Waals surface area contributed by atoms with Crippen LogP contribution in [0, 0.1) is 5.92 Å². The SMILES string of the molecule is O=C(NC1CCC(CO)CC1)c1cccn1C1CC1. The second kappa shape index (κ2) is 5.37. The Bertz CT molecular complexity index is 443. The van der Waals surface area contributed by atoms with Gasteiger partial charge >= 0.3 is 0 Å². The van der Waals surface area contributed by atoms with Gasteiger partial charge < -0.3 is 15.0 Å². The third-order valence-electron chi connectivity index (χ3n) is 4.39. The lowest BCUT2D eigenvalue weighted by molar-refractivity contribution is 0.0904. The lowest BCUT2D eigenvalue weighted by Crippen LogP contribution is -2.38. The molecule has 1 aromatic rings. The van der Waals surface area contributed by atoms with Gasteiger partial charge in [0.2, 0.25) is 0 Å². The van der Waals surface area contributed by atoms with Crippen molar-refractivity contribution in [1.29, 1.82) is 0 Å². The van der Waals surface area contributed by atoms with Crippen LogP contribution in [-0.4, -0.2) is 28.2 Å². The summed E-state index contributed by atoms with van der Waals surface area (Å²) in [6.07, 6.45) is 8.40. The van der Waals surface area contributed by atoms with Crippen molar-refractivity contribution in [3.63, 3.8) is 0 Å². The molecule has 0 radical (unpaired) electrons. The van der Waals surface area contributed by atoms with Crippen molar-refractivity contribution in [2.24, 2.45) is 5.92 Å². The zero-order chi connectivity index (χ0) is 13.2. The van der Waals surface area contributed by atoms with E-state index in [0.717, 1.165) is 31.4 Å². The monoisotopic (exact) mass is 262 g/mol. The summed E-state index contributed by atoms with van der Waals surface area (Å²) in [4.78, 5) is 12.3. The van der Waals surface area contributed by atoms with Crippen molar-refractivity contribution in [3.05, 3.63) is 24.0 Å². The summed E-state index contributed by atoms with van der Waals surface area (Å²) in [5, 5.41) is 12.3. The normalized spacial score (nSPS) is 27.2. The number of rotatable bonds is 4. The molecule has 2 fully saturated rings. The van der Waals surface area contributed by atoms with Crippen LogP contribution in [0.1, 0.15) is 55.1 Å². The van der Waals surface area contributed by atoms with Gasteiger partial charge in [0, 0.05) is 24.9 Å². The predicted molar refractivity (Wildman–Crippen MR) is 73.0 cm³/mol. The van der Waals surface area contributed by atoms with E-state index < -0.39 is 0 Å². The molecule has 2 N–H and O–H groups in total. The van der Waals surface area contributed by atoms with E-state index in [1.165, 1.54) is 12.8 Å². The highest BCUT2D eigenvalue weighted by Crippen LogP contribution is 2.36. The van der Waals surface area contributed by atoms with Gasteiger partial charge in [-0.25, -0.2) is 0 Å². The quantitative estimate of drug-likeness (QED) is 0.873. The van der Waals surface area contributed by atoms with E-state index in [0.29, 0.717) is 12.0 Å². The average Bonchev–Trinajstić information content (AvgIpc) is 3.16. The molecule has 0 unspecified atom stereocenters. The third-order valence-corrected chi connectivity index (χ3v) is 4.39. The Morgan fingerprint density at radius 3 is 2.63 bits per heavy atom. The van der Waals surface area contributed by atoms with Gasteiger partial charge in [0.05, 0.1) is 0 Å². The molecule has 3 rings (SSSR count). The maximum absolute atomic E-state index is 12.3.